The molecule has 0 aromatic heterocycles. The molecule has 180 valence electrons. The fourth-order valence-corrected chi connectivity index (χ4v) is 5.27. The number of carbonyl (C=O) groups excluding carboxylic acids is 1. The first-order valence-electron chi connectivity index (χ1n) is 10.7. The lowest BCUT2D eigenvalue weighted by atomic mass is 9.83. The fraction of sp³-hybridized carbons (Fsp3) is 0.667. The first-order valence-corrected chi connectivity index (χ1v) is 12.5. The minimum Gasteiger partial charge on any atom is -0.440 e. The normalized spacial score (nSPS) is 26.8. The van der Waals surface area contributed by atoms with Crippen molar-refractivity contribution in [2.45, 2.75) is 62.4 Å². The predicted octanol–water partition coefficient (Wildman–Crippen LogP) is 3.42. The summed E-state index contributed by atoms with van der Waals surface area (Å²) >= 11 is 0. The summed E-state index contributed by atoms with van der Waals surface area (Å²) in [5, 5.41) is 0. The summed E-state index contributed by atoms with van der Waals surface area (Å²) in [4.78, 5) is 13.4. The maximum absolute atomic E-state index is 12.4. The number of nitrogens with zero attached hydrogens (tertiary/aromatic N) is 1. The predicted molar refractivity (Wildman–Crippen MR) is 112 cm³/mol. The Labute approximate surface area is 186 Å². The van der Waals surface area contributed by atoms with Crippen molar-refractivity contribution in [3.8, 4) is 0 Å². The zero-order chi connectivity index (χ0) is 23.4. The van der Waals surface area contributed by atoms with Crippen LogP contribution in [0.2, 0.25) is 0 Å². The number of hydrogen-bond donors (Lipinski definition) is 1. The summed E-state index contributed by atoms with van der Waals surface area (Å²) in [5.41, 5.74) is 1.29. The Hall–Kier alpha value is -1.85. The van der Waals surface area contributed by atoms with Crippen molar-refractivity contribution in [1.82, 2.24) is 9.62 Å². The molecule has 7 nitrogen and oxygen atoms in total. The minimum atomic E-state index is -4.64. The van der Waals surface area contributed by atoms with Crippen molar-refractivity contribution in [2.24, 2.45) is 0 Å². The van der Waals surface area contributed by atoms with Crippen LogP contribution in [0.4, 0.5) is 18.0 Å². The van der Waals surface area contributed by atoms with Crippen LogP contribution in [0.25, 0.3) is 0 Å². The number of amides is 1. The molecule has 2 fully saturated rings. The highest BCUT2D eigenvalue weighted by atomic mass is 32.2. The van der Waals surface area contributed by atoms with Crippen LogP contribution in [0.15, 0.2) is 30.3 Å². The SMILES string of the molecule is CS(=O)(=O)N[C@H]1CCN(C(=O)OCC(F)(F)F)C1CO[C@H]1CC[C@@H](c2ccccc2)CC1. The number of nitrogens with one attached hydrogen (secondary N) is 1. The molecule has 1 heterocycles. The standard InChI is InChI=1S/C21H29F3N2O5S/c1-32(28,29)25-18-11-12-26(20(27)31-14-21(22,23)24)19(18)13-30-17-9-7-16(8-10-17)15-5-3-2-4-6-15/h2-6,16-19,25H,7-14H2,1H3/t16-,17+,18-,19?/m0/s1. The summed E-state index contributed by atoms with van der Waals surface area (Å²) in [6.45, 7) is -1.59. The first kappa shape index (κ1) is 24.8. The van der Waals surface area contributed by atoms with Crippen molar-refractivity contribution >= 4 is 16.1 Å². The van der Waals surface area contributed by atoms with E-state index in [1.807, 2.05) is 18.2 Å². The number of hydrogen-bond acceptors (Lipinski definition) is 5. The Bertz CT molecular complexity index is 858. The highest BCUT2D eigenvalue weighted by Gasteiger charge is 2.41. The molecule has 0 radical (unpaired) electrons. The van der Waals surface area contributed by atoms with Gasteiger partial charge in [0.25, 0.3) is 0 Å². The molecular formula is C21H29F3N2O5S. The smallest absolute Gasteiger partial charge is 0.422 e. The second-order valence-electron chi connectivity index (χ2n) is 8.43. The number of alkyl halides is 3. The van der Waals surface area contributed by atoms with E-state index in [2.05, 4.69) is 21.6 Å². The number of carbonyl (C=O) groups is 1. The lowest BCUT2D eigenvalue weighted by Crippen LogP contribution is -2.50. The highest BCUT2D eigenvalue weighted by Crippen LogP contribution is 2.34. The third kappa shape index (κ3) is 7.35. The van der Waals surface area contributed by atoms with E-state index in [9.17, 15) is 26.4 Å². The summed E-state index contributed by atoms with van der Waals surface area (Å²) in [5.74, 6) is 0.455. The molecule has 1 aliphatic heterocycles. The second-order valence-corrected chi connectivity index (χ2v) is 10.2. The average molecular weight is 479 g/mol. The third-order valence-corrected chi connectivity index (χ3v) is 6.68. The Kier molecular flexibility index (Phi) is 8.05. The Morgan fingerprint density at radius 2 is 1.78 bits per heavy atom. The van der Waals surface area contributed by atoms with Gasteiger partial charge in [-0.05, 0) is 43.6 Å². The number of rotatable bonds is 7. The van der Waals surface area contributed by atoms with Crippen molar-refractivity contribution in [3.05, 3.63) is 35.9 Å². The van der Waals surface area contributed by atoms with Crippen LogP contribution in [0.3, 0.4) is 0 Å². The molecular weight excluding hydrogens is 449 g/mol. The van der Waals surface area contributed by atoms with E-state index in [1.54, 1.807) is 0 Å². The van der Waals surface area contributed by atoms with Gasteiger partial charge in [-0.15, -0.1) is 0 Å². The van der Waals surface area contributed by atoms with Crippen LogP contribution in [-0.4, -0.2) is 69.8 Å². The van der Waals surface area contributed by atoms with Gasteiger partial charge in [-0.25, -0.2) is 17.9 Å². The molecule has 1 saturated carbocycles. The largest absolute Gasteiger partial charge is 0.440 e. The monoisotopic (exact) mass is 478 g/mol. The van der Waals surface area contributed by atoms with Crippen molar-refractivity contribution in [1.29, 1.82) is 0 Å². The van der Waals surface area contributed by atoms with Gasteiger partial charge < -0.3 is 14.4 Å². The summed E-state index contributed by atoms with van der Waals surface area (Å²) in [6.07, 6.45) is -1.02. The van der Waals surface area contributed by atoms with E-state index in [1.165, 1.54) is 5.56 Å². The average Bonchev–Trinajstić information content (AvgIpc) is 3.11. The molecule has 3 rings (SSSR count). The van der Waals surface area contributed by atoms with Gasteiger partial charge in [0.2, 0.25) is 10.0 Å². The maximum Gasteiger partial charge on any atom is 0.422 e. The molecule has 1 saturated heterocycles. The molecule has 1 unspecified atom stereocenters. The number of sulfonamides is 1. The van der Waals surface area contributed by atoms with Gasteiger partial charge >= 0.3 is 12.3 Å². The lowest BCUT2D eigenvalue weighted by Gasteiger charge is -2.32. The van der Waals surface area contributed by atoms with Crippen LogP contribution in [-0.2, 0) is 19.5 Å². The van der Waals surface area contributed by atoms with Crippen molar-refractivity contribution in [2.75, 3.05) is 26.0 Å². The van der Waals surface area contributed by atoms with Gasteiger partial charge in [0, 0.05) is 12.6 Å². The van der Waals surface area contributed by atoms with E-state index in [4.69, 9.17) is 4.74 Å². The molecule has 2 aliphatic rings. The van der Waals surface area contributed by atoms with Crippen LogP contribution in [0, 0.1) is 0 Å². The zero-order valence-corrected chi connectivity index (χ0v) is 18.7. The van der Waals surface area contributed by atoms with Gasteiger partial charge in [-0.3, -0.25) is 0 Å². The summed E-state index contributed by atoms with van der Waals surface area (Å²) < 4.78 is 73.6. The maximum atomic E-state index is 12.4. The van der Waals surface area contributed by atoms with Crippen molar-refractivity contribution in [3.63, 3.8) is 0 Å². The van der Waals surface area contributed by atoms with Gasteiger partial charge in [0.15, 0.2) is 6.61 Å². The van der Waals surface area contributed by atoms with Crippen LogP contribution in [0.5, 0.6) is 0 Å². The van der Waals surface area contributed by atoms with Gasteiger partial charge in [0.1, 0.15) is 0 Å². The molecule has 2 atom stereocenters. The quantitative estimate of drug-likeness (QED) is 0.649. The second kappa shape index (κ2) is 10.4. The molecule has 1 aromatic carbocycles. The van der Waals surface area contributed by atoms with Gasteiger partial charge in [0.05, 0.1) is 25.0 Å². The first-order chi connectivity index (χ1) is 15.0. The van der Waals surface area contributed by atoms with E-state index in [0.29, 0.717) is 5.92 Å². The van der Waals surface area contributed by atoms with Crippen LogP contribution in [0.1, 0.15) is 43.6 Å². The number of likely N-dealkylation sites (tertiary alicyclic amines) is 1. The van der Waals surface area contributed by atoms with Gasteiger partial charge in [-0.1, -0.05) is 30.3 Å². The third-order valence-electron chi connectivity index (χ3n) is 5.95. The van der Waals surface area contributed by atoms with E-state index >= 15 is 0 Å². The summed E-state index contributed by atoms with van der Waals surface area (Å²) in [7, 11) is -3.57. The fourth-order valence-electron chi connectivity index (χ4n) is 4.45. The lowest BCUT2D eigenvalue weighted by molar-refractivity contribution is -0.162. The van der Waals surface area contributed by atoms with E-state index < -0.39 is 41.0 Å². The molecule has 1 aliphatic carbocycles. The van der Waals surface area contributed by atoms with Crippen LogP contribution >= 0.6 is 0 Å². The van der Waals surface area contributed by atoms with E-state index in [0.717, 1.165) is 36.8 Å². The Morgan fingerprint density at radius 1 is 1.12 bits per heavy atom. The minimum absolute atomic E-state index is 0.0228. The molecule has 1 N–H and O–H groups in total. The van der Waals surface area contributed by atoms with Crippen LogP contribution < -0.4 is 4.72 Å². The Balaban J connectivity index is 1.57. The molecule has 11 heteroatoms. The number of halogens is 3. The molecule has 0 spiro atoms. The molecule has 1 amide bonds. The number of ether oxygens (including phenoxy) is 2. The van der Waals surface area contributed by atoms with E-state index in [-0.39, 0.29) is 25.7 Å². The Morgan fingerprint density at radius 3 is 2.38 bits per heavy atom. The van der Waals surface area contributed by atoms with Crippen molar-refractivity contribution < 1.29 is 35.9 Å². The van der Waals surface area contributed by atoms with Gasteiger partial charge in [-0.2, -0.15) is 13.2 Å². The summed E-state index contributed by atoms with van der Waals surface area (Å²) in [6, 6.07) is 8.83. The molecule has 0 bridgehead atoms. The molecule has 32 heavy (non-hydrogen) atoms. The topological polar surface area (TPSA) is 84.9 Å². The molecule has 1 aromatic rings. The number of benzene rings is 1. The zero-order valence-electron chi connectivity index (χ0n) is 17.9. The highest BCUT2D eigenvalue weighted by molar-refractivity contribution is 7.88.